The molecular formula is C14H11O7P. The van der Waals surface area contributed by atoms with Crippen molar-refractivity contribution in [1.29, 1.82) is 0 Å². The highest BCUT2D eigenvalue weighted by Crippen LogP contribution is 2.36. The number of phosphoric acid groups is 1. The molecule has 1 aliphatic rings. The second-order valence-corrected chi connectivity index (χ2v) is 5.28. The molecule has 8 heteroatoms. The molecule has 0 radical (unpaired) electrons. The first-order valence-corrected chi connectivity index (χ1v) is 7.55. The molecule has 2 aromatic rings. The van der Waals surface area contributed by atoms with Crippen molar-refractivity contribution >= 4 is 19.8 Å². The van der Waals surface area contributed by atoms with Crippen molar-refractivity contribution in [1.82, 2.24) is 0 Å². The van der Waals surface area contributed by atoms with Crippen LogP contribution in [0.25, 0.3) is 0 Å². The van der Waals surface area contributed by atoms with E-state index in [1.165, 1.54) is 12.1 Å². The molecule has 1 aliphatic heterocycles. The number of rotatable bonds is 2. The van der Waals surface area contributed by atoms with Gasteiger partial charge in [-0.2, -0.15) is 0 Å². The molecule has 2 N–H and O–H groups in total. The summed E-state index contributed by atoms with van der Waals surface area (Å²) in [4.78, 5) is 38.4. The normalized spacial score (nSPS) is 12.8. The predicted octanol–water partition coefficient (Wildman–Crippen LogP) is 2.16. The summed E-state index contributed by atoms with van der Waals surface area (Å²) >= 11 is 0. The number of phosphoric ester groups is 1. The van der Waals surface area contributed by atoms with Crippen molar-refractivity contribution in [2.24, 2.45) is 0 Å². The van der Waals surface area contributed by atoms with Crippen LogP contribution in [-0.2, 0) is 9.30 Å². The van der Waals surface area contributed by atoms with Crippen molar-refractivity contribution in [3.05, 3.63) is 65.7 Å². The third kappa shape index (κ3) is 4.26. The molecule has 0 spiro atoms. The van der Waals surface area contributed by atoms with Crippen LogP contribution in [0.4, 0.5) is 0 Å². The van der Waals surface area contributed by atoms with Gasteiger partial charge < -0.3 is 9.26 Å². The number of benzene rings is 2. The molecule has 2 aromatic carbocycles. The predicted molar refractivity (Wildman–Crippen MR) is 75.3 cm³/mol. The summed E-state index contributed by atoms with van der Waals surface area (Å²) in [7, 11) is -4.39. The fourth-order valence-corrected chi connectivity index (χ4v) is 2.05. The van der Waals surface area contributed by atoms with Crippen LogP contribution in [0, 0.1) is 0 Å². The van der Waals surface area contributed by atoms with Gasteiger partial charge in [0.2, 0.25) is 0 Å². The van der Waals surface area contributed by atoms with Crippen molar-refractivity contribution in [2.75, 3.05) is 0 Å². The van der Waals surface area contributed by atoms with Gasteiger partial charge in [0.05, 0.1) is 11.1 Å². The van der Waals surface area contributed by atoms with Gasteiger partial charge in [0.25, 0.3) is 0 Å². The summed E-state index contributed by atoms with van der Waals surface area (Å²) in [6, 6.07) is 14.5. The molecule has 0 saturated heterocycles. The molecule has 0 fully saturated rings. The number of esters is 2. The zero-order valence-electron chi connectivity index (χ0n) is 11.1. The van der Waals surface area contributed by atoms with Gasteiger partial charge in [-0.25, -0.2) is 14.2 Å². The number of hydrogen-bond acceptors (Lipinski definition) is 5. The van der Waals surface area contributed by atoms with E-state index >= 15 is 0 Å². The van der Waals surface area contributed by atoms with Gasteiger partial charge in [0.15, 0.2) is 0 Å². The second-order valence-electron chi connectivity index (χ2n) is 4.12. The van der Waals surface area contributed by atoms with E-state index in [0.717, 1.165) is 0 Å². The zero-order valence-corrected chi connectivity index (χ0v) is 12.0. The van der Waals surface area contributed by atoms with E-state index in [2.05, 4.69) is 9.26 Å². The quantitative estimate of drug-likeness (QED) is 0.495. The van der Waals surface area contributed by atoms with E-state index in [1.54, 1.807) is 42.5 Å². The summed E-state index contributed by atoms with van der Waals surface area (Å²) in [5.41, 5.74) is 0.718. The Morgan fingerprint density at radius 2 is 1.27 bits per heavy atom. The van der Waals surface area contributed by atoms with Crippen LogP contribution < -0.4 is 4.52 Å². The number of hydrogen-bond donors (Lipinski definition) is 2. The van der Waals surface area contributed by atoms with Crippen LogP contribution in [0.1, 0.15) is 20.7 Å². The van der Waals surface area contributed by atoms with Crippen LogP contribution in [-0.4, -0.2) is 21.7 Å². The summed E-state index contributed by atoms with van der Waals surface area (Å²) in [6.45, 7) is 0. The van der Waals surface area contributed by atoms with E-state index in [9.17, 15) is 14.2 Å². The van der Waals surface area contributed by atoms with Crippen LogP contribution in [0.15, 0.2) is 54.6 Å². The summed E-state index contributed by atoms with van der Waals surface area (Å²) < 4.78 is 18.9. The zero-order chi connectivity index (χ0) is 16.2. The Morgan fingerprint density at radius 3 is 1.73 bits per heavy atom. The average molecular weight is 322 g/mol. The van der Waals surface area contributed by atoms with Gasteiger partial charge in [0, 0.05) is 0 Å². The molecule has 0 amide bonds. The molecular weight excluding hydrogens is 311 g/mol. The SMILES string of the molecule is O=C1OC(=O)c2ccccc21.O=P(O)(O)Oc1ccccc1. The number of fused-ring (bicyclic) bond motifs is 1. The topological polar surface area (TPSA) is 110 Å². The third-order valence-corrected chi connectivity index (χ3v) is 2.97. The molecule has 22 heavy (non-hydrogen) atoms. The lowest BCUT2D eigenvalue weighted by molar-refractivity contribution is 0.0443. The largest absolute Gasteiger partial charge is 0.524 e. The van der Waals surface area contributed by atoms with E-state index in [4.69, 9.17) is 9.79 Å². The van der Waals surface area contributed by atoms with Crippen molar-refractivity contribution in [2.45, 2.75) is 0 Å². The maximum Gasteiger partial charge on any atom is 0.524 e. The molecule has 1 heterocycles. The number of ether oxygens (including phenoxy) is 1. The highest BCUT2D eigenvalue weighted by atomic mass is 31.2. The molecule has 0 aliphatic carbocycles. The molecule has 114 valence electrons. The first-order valence-electron chi connectivity index (χ1n) is 6.02. The van der Waals surface area contributed by atoms with Gasteiger partial charge >= 0.3 is 19.8 Å². The minimum atomic E-state index is -4.39. The van der Waals surface area contributed by atoms with Crippen LogP contribution in [0.3, 0.4) is 0 Å². The fraction of sp³-hybridized carbons (Fsp3) is 0. The first-order chi connectivity index (χ1) is 10.4. The average Bonchev–Trinajstić information content (AvgIpc) is 2.75. The Bertz CT molecular complexity index is 703. The summed E-state index contributed by atoms with van der Waals surface area (Å²) in [6.07, 6.45) is 0. The van der Waals surface area contributed by atoms with E-state index < -0.39 is 19.8 Å². The van der Waals surface area contributed by atoms with Crippen LogP contribution >= 0.6 is 7.82 Å². The van der Waals surface area contributed by atoms with E-state index in [0.29, 0.717) is 11.1 Å². The smallest absolute Gasteiger partial charge is 0.404 e. The monoisotopic (exact) mass is 322 g/mol. The number of para-hydroxylation sites is 1. The highest BCUT2D eigenvalue weighted by molar-refractivity contribution is 7.46. The number of carbonyl (C=O) groups excluding carboxylic acids is 2. The highest BCUT2D eigenvalue weighted by Gasteiger charge is 2.28. The Morgan fingerprint density at radius 1 is 0.818 bits per heavy atom. The van der Waals surface area contributed by atoms with Crippen molar-refractivity contribution < 1.29 is 33.2 Å². The van der Waals surface area contributed by atoms with Gasteiger partial charge in [-0.05, 0) is 24.3 Å². The van der Waals surface area contributed by atoms with Gasteiger partial charge in [-0.3, -0.25) is 9.79 Å². The minimum Gasteiger partial charge on any atom is -0.404 e. The fourth-order valence-electron chi connectivity index (χ4n) is 1.65. The lowest BCUT2D eigenvalue weighted by Crippen LogP contribution is -1.96. The maximum atomic E-state index is 10.8. The molecule has 0 saturated carbocycles. The van der Waals surface area contributed by atoms with Crippen LogP contribution in [0.2, 0.25) is 0 Å². The Labute approximate surface area is 125 Å². The van der Waals surface area contributed by atoms with Gasteiger partial charge in [0.1, 0.15) is 5.75 Å². The molecule has 7 nitrogen and oxygen atoms in total. The van der Waals surface area contributed by atoms with Gasteiger partial charge in [-0.15, -0.1) is 0 Å². The third-order valence-electron chi connectivity index (χ3n) is 2.52. The van der Waals surface area contributed by atoms with Crippen LogP contribution in [0.5, 0.6) is 5.75 Å². The van der Waals surface area contributed by atoms with Crippen molar-refractivity contribution in [3.8, 4) is 5.75 Å². The Kier molecular flexibility index (Phi) is 4.72. The number of carbonyl (C=O) groups is 2. The molecule has 0 aromatic heterocycles. The Balaban J connectivity index is 0.000000160. The van der Waals surface area contributed by atoms with E-state index in [1.807, 2.05) is 0 Å². The first kappa shape index (κ1) is 15.9. The lowest BCUT2D eigenvalue weighted by atomic mass is 10.1. The molecule has 0 bridgehead atoms. The molecule has 3 rings (SSSR count). The number of cyclic esters (lactones) is 2. The second kappa shape index (κ2) is 6.53. The van der Waals surface area contributed by atoms with Crippen molar-refractivity contribution in [3.63, 3.8) is 0 Å². The lowest BCUT2D eigenvalue weighted by Gasteiger charge is -2.04. The summed E-state index contributed by atoms with van der Waals surface area (Å²) in [5.74, 6) is -0.933. The summed E-state index contributed by atoms with van der Waals surface area (Å²) in [5, 5.41) is 0. The maximum absolute atomic E-state index is 10.8. The van der Waals surface area contributed by atoms with Gasteiger partial charge in [-0.1, -0.05) is 30.3 Å². The molecule has 0 unspecified atom stereocenters. The minimum absolute atomic E-state index is 0.167. The Hall–Kier alpha value is -2.47. The van der Waals surface area contributed by atoms with E-state index in [-0.39, 0.29) is 5.75 Å². The standard InChI is InChI=1S/C8H4O3.C6H7O4P/c9-7-5-3-1-2-4-6(5)8(10)11-7;7-11(8,9)10-6-4-2-1-3-5-6/h1-4H;1-5H,(H2,7,8,9). The molecule has 0 atom stereocenters.